The minimum atomic E-state index is -1.06. The lowest BCUT2D eigenvalue weighted by molar-refractivity contribution is 0.0986. The van der Waals surface area contributed by atoms with Crippen LogP contribution in [0.1, 0.15) is 13.8 Å². The van der Waals surface area contributed by atoms with Crippen LogP contribution in [0.4, 0.5) is 10.5 Å². The van der Waals surface area contributed by atoms with E-state index in [0.29, 0.717) is 23.2 Å². The Morgan fingerprint density at radius 3 is 3.00 bits per heavy atom. The van der Waals surface area contributed by atoms with Gasteiger partial charge in [0.1, 0.15) is 0 Å². The summed E-state index contributed by atoms with van der Waals surface area (Å²) in [5.74, 6) is 0.509. The Bertz CT molecular complexity index is 752. The average Bonchev–Trinajstić information content (AvgIpc) is 3.00. The highest BCUT2D eigenvalue weighted by atomic mass is 32.2. The zero-order valence-corrected chi connectivity index (χ0v) is 13.2. The average molecular weight is 319 g/mol. The molecular weight excluding hydrogens is 302 g/mol. The minimum absolute atomic E-state index is 0.315. The molecule has 1 aliphatic rings. The Labute approximate surface area is 132 Å². The number of para-hydroxylation sites is 1. The number of benzene rings is 1. The van der Waals surface area contributed by atoms with E-state index in [1.807, 2.05) is 28.8 Å². The van der Waals surface area contributed by atoms with Gasteiger partial charge in [-0.15, -0.1) is 0 Å². The molecule has 0 radical (unpaired) electrons. The number of rotatable bonds is 2. The molecule has 2 heterocycles. The van der Waals surface area contributed by atoms with Crippen molar-refractivity contribution in [1.82, 2.24) is 4.57 Å². The Hall–Kier alpha value is -1.99. The van der Waals surface area contributed by atoms with Gasteiger partial charge in [-0.05, 0) is 19.9 Å². The van der Waals surface area contributed by atoms with Crippen LogP contribution < -0.4 is 5.32 Å². The number of amides is 1. The van der Waals surface area contributed by atoms with Gasteiger partial charge >= 0.3 is 6.09 Å². The summed E-state index contributed by atoms with van der Waals surface area (Å²) in [6.45, 7) is 3.75. The zero-order chi connectivity index (χ0) is 15.7. The maximum Gasteiger partial charge on any atom is 0.411 e. The molecule has 6 nitrogen and oxygen atoms in total. The maximum absolute atomic E-state index is 11.7. The number of aliphatic imine (C=N–C) groups is 1. The fourth-order valence-electron chi connectivity index (χ4n) is 2.31. The van der Waals surface area contributed by atoms with Crippen LogP contribution in [0, 0.1) is 0 Å². The minimum Gasteiger partial charge on any atom is -0.450 e. The molecule has 116 valence electrons. The largest absolute Gasteiger partial charge is 0.450 e. The molecule has 3 rings (SSSR count). The van der Waals surface area contributed by atoms with Gasteiger partial charge in [-0.2, -0.15) is 0 Å². The molecule has 0 spiro atoms. The van der Waals surface area contributed by atoms with Crippen LogP contribution in [0.25, 0.3) is 10.9 Å². The first-order valence-corrected chi connectivity index (χ1v) is 7.98. The van der Waals surface area contributed by atoms with E-state index < -0.39 is 11.8 Å². The number of aliphatic hydroxyl groups is 1. The molecule has 0 saturated carbocycles. The summed E-state index contributed by atoms with van der Waals surface area (Å²) in [4.78, 5) is 16.0. The highest BCUT2D eigenvalue weighted by Gasteiger charge is 2.29. The van der Waals surface area contributed by atoms with Gasteiger partial charge < -0.3 is 9.84 Å². The normalized spacial score (nSPS) is 21.0. The fraction of sp³-hybridized carbons (Fsp3) is 0.333. The van der Waals surface area contributed by atoms with Crippen LogP contribution >= 0.6 is 11.8 Å². The number of carbonyl (C=O) groups is 1. The van der Waals surface area contributed by atoms with E-state index in [9.17, 15) is 9.90 Å². The van der Waals surface area contributed by atoms with Gasteiger partial charge in [0.05, 0.1) is 23.6 Å². The number of hydrogen-bond acceptors (Lipinski definition) is 5. The van der Waals surface area contributed by atoms with Crippen LogP contribution in [-0.4, -0.2) is 39.0 Å². The van der Waals surface area contributed by atoms with Gasteiger partial charge in [0.15, 0.2) is 10.9 Å². The summed E-state index contributed by atoms with van der Waals surface area (Å²) in [5.41, 5.74) is 0.516. The summed E-state index contributed by atoms with van der Waals surface area (Å²) in [6, 6.07) is 7.70. The maximum atomic E-state index is 11.7. The van der Waals surface area contributed by atoms with E-state index in [1.165, 1.54) is 11.8 Å². The SMILES string of the molecule is CCOC(=O)Nc1cn(C2=NC(C)(O)CS2)c2ccccc12. The van der Waals surface area contributed by atoms with E-state index in [4.69, 9.17) is 4.74 Å². The quantitative estimate of drug-likeness (QED) is 0.892. The highest BCUT2D eigenvalue weighted by Crippen LogP contribution is 2.32. The van der Waals surface area contributed by atoms with Crippen molar-refractivity contribution in [1.29, 1.82) is 0 Å². The smallest absolute Gasteiger partial charge is 0.411 e. The van der Waals surface area contributed by atoms with Crippen LogP contribution in [0.3, 0.4) is 0 Å². The Balaban J connectivity index is 2.03. The van der Waals surface area contributed by atoms with E-state index in [0.717, 1.165) is 10.9 Å². The molecule has 1 aromatic heterocycles. The molecule has 0 fully saturated rings. The van der Waals surface area contributed by atoms with Crippen LogP contribution in [0.5, 0.6) is 0 Å². The van der Waals surface area contributed by atoms with Gasteiger partial charge in [-0.1, -0.05) is 30.0 Å². The van der Waals surface area contributed by atoms with Crippen molar-refractivity contribution in [3.63, 3.8) is 0 Å². The van der Waals surface area contributed by atoms with Crippen molar-refractivity contribution >= 4 is 39.6 Å². The second kappa shape index (κ2) is 5.66. The number of thioether (sulfide) groups is 1. The summed E-state index contributed by atoms with van der Waals surface area (Å²) in [6.07, 6.45) is 1.31. The van der Waals surface area contributed by atoms with E-state index in [-0.39, 0.29) is 0 Å². The first-order chi connectivity index (χ1) is 10.5. The van der Waals surface area contributed by atoms with E-state index in [2.05, 4.69) is 10.3 Å². The van der Waals surface area contributed by atoms with E-state index in [1.54, 1.807) is 20.0 Å². The van der Waals surface area contributed by atoms with Crippen LogP contribution in [-0.2, 0) is 4.74 Å². The van der Waals surface area contributed by atoms with Crippen molar-refractivity contribution in [3.8, 4) is 0 Å². The molecule has 1 aliphatic heterocycles. The van der Waals surface area contributed by atoms with Crippen molar-refractivity contribution in [2.75, 3.05) is 17.7 Å². The third kappa shape index (κ3) is 2.82. The zero-order valence-electron chi connectivity index (χ0n) is 12.4. The van der Waals surface area contributed by atoms with Gasteiger partial charge in [-0.25, -0.2) is 9.79 Å². The topological polar surface area (TPSA) is 75.8 Å². The molecule has 0 bridgehead atoms. The number of aromatic nitrogens is 1. The molecule has 1 atom stereocenters. The predicted molar refractivity (Wildman–Crippen MR) is 88.5 cm³/mol. The molecule has 2 aromatic rings. The summed E-state index contributed by atoms with van der Waals surface area (Å²) >= 11 is 1.48. The number of anilines is 1. The molecule has 2 N–H and O–H groups in total. The highest BCUT2D eigenvalue weighted by molar-refractivity contribution is 8.14. The number of fused-ring (bicyclic) bond motifs is 1. The number of nitrogens with zero attached hydrogens (tertiary/aromatic N) is 2. The van der Waals surface area contributed by atoms with Crippen molar-refractivity contribution in [3.05, 3.63) is 30.5 Å². The molecule has 22 heavy (non-hydrogen) atoms. The van der Waals surface area contributed by atoms with Crippen molar-refractivity contribution < 1.29 is 14.6 Å². The third-order valence-electron chi connectivity index (χ3n) is 3.24. The second-order valence-electron chi connectivity index (χ2n) is 5.18. The molecule has 7 heteroatoms. The Kier molecular flexibility index (Phi) is 3.84. The Morgan fingerprint density at radius 1 is 1.55 bits per heavy atom. The molecule has 1 aromatic carbocycles. The molecule has 0 aliphatic carbocycles. The van der Waals surface area contributed by atoms with Crippen LogP contribution in [0.2, 0.25) is 0 Å². The molecule has 0 saturated heterocycles. The van der Waals surface area contributed by atoms with Crippen molar-refractivity contribution in [2.24, 2.45) is 4.99 Å². The number of nitrogens with one attached hydrogen (secondary N) is 1. The number of carbonyl (C=O) groups excluding carboxylic acids is 1. The van der Waals surface area contributed by atoms with Crippen molar-refractivity contribution in [2.45, 2.75) is 19.6 Å². The lowest BCUT2D eigenvalue weighted by Crippen LogP contribution is -2.20. The lowest BCUT2D eigenvalue weighted by Gasteiger charge is -2.08. The number of ether oxygens (including phenoxy) is 1. The lowest BCUT2D eigenvalue weighted by atomic mass is 10.2. The molecular formula is C15H17N3O3S. The monoisotopic (exact) mass is 319 g/mol. The summed E-state index contributed by atoms with van der Waals surface area (Å²) < 4.78 is 6.81. The van der Waals surface area contributed by atoms with Gasteiger partial charge in [-0.3, -0.25) is 9.88 Å². The first kappa shape index (κ1) is 14.9. The second-order valence-corrected chi connectivity index (χ2v) is 6.12. The Morgan fingerprint density at radius 2 is 2.32 bits per heavy atom. The summed E-state index contributed by atoms with van der Waals surface area (Å²) in [5, 5.41) is 14.4. The predicted octanol–water partition coefficient (Wildman–Crippen LogP) is 2.87. The fourth-order valence-corrected chi connectivity index (χ4v) is 3.33. The van der Waals surface area contributed by atoms with Crippen LogP contribution in [0.15, 0.2) is 35.5 Å². The summed E-state index contributed by atoms with van der Waals surface area (Å²) in [7, 11) is 0. The standard InChI is InChI=1S/C15H17N3O3S/c1-3-21-14(19)16-11-8-18(12-7-5-4-6-10(11)12)13-17-15(2,20)9-22-13/h4-8,20H,3,9H2,1-2H3,(H,16,19). The third-order valence-corrected chi connectivity index (χ3v) is 4.48. The van der Waals surface area contributed by atoms with Gasteiger partial charge in [0.2, 0.25) is 0 Å². The van der Waals surface area contributed by atoms with E-state index >= 15 is 0 Å². The molecule has 1 amide bonds. The first-order valence-electron chi connectivity index (χ1n) is 6.99. The van der Waals surface area contributed by atoms with Gasteiger partial charge in [0, 0.05) is 11.6 Å². The molecule has 1 unspecified atom stereocenters. The number of hydrogen-bond donors (Lipinski definition) is 2. The van der Waals surface area contributed by atoms with Gasteiger partial charge in [0.25, 0.3) is 0 Å².